The van der Waals surface area contributed by atoms with E-state index < -0.39 is 10.0 Å². The Morgan fingerprint density at radius 2 is 1.70 bits per heavy atom. The van der Waals surface area contributed by atoms with Gasteiger partial charge in [0.25, 0.3) is 5.91 Å². The van der Waals surface area contributed by atoms with E-state index in [9.17, 15) is 13.2 Å². The van der Waals surface area contributed by atoms with E-state index in [1.807, 2.05) is 31.2 Å². The number of aryl methyl sites for hydroxylation is 1. The molecule has 30 heavy (non-hydrogen) atoms. The van der Waals surface area contributed by atoms with Crippen LogP contribution in [0.15, 0.2) is 65.6 Å². The number of nitrogens with zero attached hydrogens (tertiary/aromatic N) is 3. The Balaban J connectivity index is 1.37. The molecule has 2 heterocycles. The van der Waals surface area contributed by atoms with E-state index in [4.69, 9.17) is 4.74 Å². The maximum absolute atomic E-state index is 12.7. The highest BCUT2D eigenvalue weighted by Crippen LogP contribution is 2.24. The molecule has 0 bridgehead atoms. The number of pyridine rings is 1. The predicted octanol–water partition coefficient (Wildman–Crippen LogP) is 2.46. The number of rotatable bonds is 5. The summed E-state index contributed by atoms with van der Waals surface area (Å²) in [4.78, 5) is 19.0. The fourth-order valence-electron chi connectivity index (χ4n) is 3.48. The number of hydrogen-bond acceptors (Lipinski definition) is 5. The third-order valence-electron chi connectivity index (χ3n) is 5.15. The highest BCUT2D eigenvalue weighted by atomic mass is 32.2. The number of benzene rings is 2. The summed E-state index contributed by atoms with van der Waals surface area (Å²) in [5, 5.41) is 0.949. The van der Waals surface area contributed by atoms with Gasteiger partial charge in [0.15, 0.2) is 6.61 Å². The Morgan fingerprint density at radius 1 is 0.967 bits per heavy atom. The van der Waals surface area contributed by atoms with Crippen molar-refractivity contribution in [2.75, 3.05) is 32.8 Å². The lowest BCUT2D eigenvalue weighted by Gasteiger charge is -2.34. The molecule has 1 aromatic heterocycles. The zero-order chi connectivity index (χ0) is 21.1. The fraction of sp³-hybridized carbons (Fsp3) is 0.273. The number of amides is 1. The van der Waals surface area contributed by atoms with Crippen LogP contribution in [0.4, 0.5) is 0 Å². The van der Waals surface area contributed by atoms with Crippen molar-refractivity contribution in [2.45, 2.75) is 11.8 Å². The van der Waals surface area contributed by atoms with Crippen molar-refractivity contribution < 1.29 is 17.9 Å². The van der Waals surface area contributed by atoms with Gasteiger partial charge in [-0.2, -0.15) is 4.31 Å². The number of para-hydroxylation sites is 1. The molecule has 1 aliphatic heterocycles. The maximum Gasteiger partial charge on any atom is 0.260 e. The van der Waals surface area contributed by atoms with Crippen molar-refractivity contribution in [3.8, 4) is 5.75 Å². The number of hydrogen-bond donors (Lipinski definition) is 0. The zero-order valence-electron chi connectivity index (χ0n) is 16.7. The van der Waals surface area contributed by atoms with Crippen molar-refractivity contribution in [1.29, 1.82) is 0 Å². The molecule has 0 N–H and O–H groups in total. The predicted molar refractivity (Wildman–Crippen MR) is 114 cm³/mol. The largest absolute Gasteiger partial charge is 0.481 e. The highest BCUT2D eigenvalue weighted by molar-refractivity contribution is 7.89. The van der Waals surface area contributed by atoms with Crippen LogP contribution < -0.4 is 4.74 Å². The first-order valence-electron chi connectivity index (χ1n) is 9.77. The molecule has 1 fully saturated rings. The topological polar surface area (TPSA) is 79.8 Å². The summed E-state index contributed by atoms with van der Waals surface area (Å²) in [5.41, 5.74) is 1.60. The number of sulfonamides is 1. The second kappa shape index (κ2) is 8.41. The van der Waals surface area contributed by atoms with Gasteiger partial charge in [-0.25, -0.2) is 13.4 Å². The molecule has 8 heteroatoms. The van der Waals surface area contributed by atoms with Gasteiger partial charge in [0, 0.05) is 37.3 Å². The quantitative estimate of drug-likeness (QED) is 0.627. The molecule has 4 rings (SSSR count). The van der Waals surface area contributed by atoms with E-state index in [1.54, 1.807) is 41.3 Å². The lowest BCUT2D eigenvalue weighted by atomic mass is 10.2. The highest BCUT2D eigenvalue weighted by Gasteiger charge is 2.30. The summed E-state index contributed by atoms with van der Waals surface area (Å²) in [7, 11) is -3.54. The Bertz CT molecular complexity index is 1160. The second-order valence-corrected chi connectivity index (χ2v) is 9.11. The van der Waals surface area contributed by atoms with Crippen molar-refractivity contribution in [3.05, 3.63) is 66.4 Å². The maximum atomic E-state index is 12.7. The molecule has 1 aliphatic rings. The summed E-state index contributed by atoms with van der Waals surface area (Å²) in [5.74, 6) is 0.395. The lowest BCUT2D eigenvalue weighted by Crippen LogP contribution is -2.51. The van der Waals surface area contributed by atoms with Gasteiger partial charge in [0.2, 0.25) is 10.0 Å². The Hall–Kier alpha value is -2.97. The summed E-state index contributed by atoms with van der Waals surface area (Å²) in [6.07, 6.45) is 0. The minimum Gasteiger partial charge on any atom is -0.481 e. The molecule has 0 radical (unpaired) electrons. The average Bonchev–Trinajstić information content (AvgIpc) is 2.78. The lowest BCUT2D eigenvalue weighted by molar-refractivity contribution is -0.134. The van der Waals surface area contributed by atoms with Crippen LogP contribution in [-0.2, 0) is 14.8 Å². The number of aromatic nitrogens is 1. The van der Waals surface area contributed by atoms with Gasteiger partial charge >= 0.3 is 0 Å². The van der Waals surface area contributed by atoms with Crippen molar-refractivity contribution in [1.82, 2.24) is 14.2 Å². The molecule has 1 saturated heterocycles. The van der Waals surface area contributed by atoms with Crippen LogP contribution in [0.3, 0.4) is 0 Å². The molecule has 0 spiro atoms. The number of piperazine rings is 1. The van der Waals surface area contributed by atoms with Gasteiger partial charge in [-0.3, -0.25) is 4.79 Å². The molecule has 0 aliphatic carbocycles. The minimum absolute atomic E-state index is 0.111. The van der Waals surface area contributed by atoms with Crippen molar-refractivity contribution >= 4 is 26.8 Å². The molecule has 7 nitrogen and oxygen atoms in total. The molecular formula is C22H23N3O4S. The normalized spacial score (nSPS) is 15.3. The molecule has 3 aromatic rings. The van der Waals surface area contributed by atoms with Crippen LogP contribution >= 0.6 is 0 Å². The summed E-state index contributed by atoms with van der Waals surface area (Å²) in [6, 6.07) is 17.9. The fourth-order valence-corrected chi connectivity index (χ4v) is 4.93. The third-order valence-corrected chi connectivity index (χ3v) is 7.06. The summed E-state index contributed by atoms with van der Waals surface area (Å²) < 4.78 is 32.6. The van der Waals surface area contributed by atoms with E-state index in [0.29, 0.717) is 18.8 Å². The van der Waals surface area contributed by atoms with Gasteiger partial charge in [-0.1, -0.05) is 36.4 Å². The van der Waals surface area contributed by atoms with Crippen LogP contribution in [0.2, 0.25) is 0 Å². The Labute approximate surface area is 175 Å². The van der Waals surface area contributed by atoms with Crippen LogP contribution in [-0.4, -0.2) is 61.3 Å². The molecule has 156 valence electrons. The Kier molecular flexibility index (Phi) is 5.69. The van der Waals surface area contributed by atoms with E-state index in [0.717, 1.165) is 16.6 Å². The second-order valence-electron chi connectivity index (χ2n) is 7.17. The molecule has 2 aromatic carbocycles. The van der Waals surface area contributed by atoms with Crippen molar-refractivity contribution in [2.24, 2.45) is 0 Å². The first-order chi connectivity index (χ1) is 14.4. The third kappa shape index (κ3) is 4.15. The molecule has 0 unspecified atom stereocenters. The molecule has 1 amide bonds. The van der Waals surface area contributed by atoms with Crippen LogP contribution in [0.1, 0.15) is 5.69 Å². The van der Waals surface area contributed by atoms with E-state index in [-0.39, 0.29) is 30.5 Å². The standard InChI is InChI=1S/C22H23N3O4S/c1-17-10-11-18-6-5-9-20(22(18)23-17)29-16-21(26)24-12-14-25(15-13-24)30(27,28)19-7-3-2-4-8-19/h2-11H,12-16H2,1H3. The van der Waals surface area contributed by atoms with Crippen LogP contribution in [0.5, 0.6) is 5.75 Å². The first-order valence-corrected chi connectivity index (χ1v) is 11.2. The molecule has 0 saturated carbocycles. The number of carbonyl (C=O) groups is 1. The molecular weight excluding hydrogens is 402 g/mol. The SMILES string of the molecule is Cc1ccc2cccc(OCC(=O)N3CCN(S(=O)(=O)c4ccccc4)CC3)c2n1. The van der Waals surface area contributed by atoms with Gasteiger partial charge < -0.3 is 9.64 Å². The van der Waals surface area contributed by atoms with Crippen LogP contribution in [0.25, 0.3) is 10.9 Å². The van der Waals surface area contributed by atoms with E-state index in [1.165, 1.54) is 4.31 Å². The first kappa shape index (κ1) is 20.3. The van der Waals surface area contributed by atoms with E-state index in [2.05, 4.69) is 4.98 Å². The summed E-state index contributed by atoms with van der Waals surface area (Å²) in [6.45, 7) is 2.99. The zero-order valence-corrected chi connectivity index (χ0v) is 17.5. The van der Waals surface area contributed by atoms with Gasteiger partial charge in [-0.15, -0.1) is 0 Å². The average molecular weight is 426 g/mol. The van der Waals surface area contributed by atoms with Gasteiger partial charge in [-0.05, 0) is 31.2 Å². The number of carbonyl (C=O) groups excluding carboxylic acids is 1. The Morgan fingerprint density at radius 3 is 2.43 bits per heavy atom. The van der Waals surface area contributed by atoms with Crippen molar-refractivity contribution in [3.63, 3.8) is 0 Å². The minimum atomic E-state index is -3.54. The number of fused-ring (bicyclic) bond motifs is 1. The van der Waals surface area contributed by atoms with E-state index >= 15 is 0 Å². The van der Waals surface area contributed by atoms with Gasteiger partial charge in [0.05, 0.1) is 4.90 Å². The monoisotopic (exact) mass is 425 g/mol. The van der Waals surface area contributed by atoms with Gasteiger partial charge in [0.1, 0.15) is 11.3 Å². The number of ether oxygens (including phenoxy) is 1. The molecule has 0 atom stereocenters. The summed E-state index contributed by atoms with van der Waals surface area (Å²) >= 11 is 0. The van der Waals surface area contributed by atoms with Crippen LogP contribution in [0, 0.1) is 6.92 Å². The smallest absolute Gasteiger partial charge is 0.260 e.